The van der Waals surface area contributed by atoms with Crippen molar-refractivity contribution in [2.24, 2.45) is 0 Å². The molecule has 1 aliphatic carbocycles. The van der Waals surface area contributed by atoms with Crippen LogP contribution in [0.15, 0.2) is 53.8 Å². The van der Waals surface area contributed by atoms with Crippen LogP contribution in [0.4, 0.5) is 5.13 Å². The second-order valence-corrected chi connectivity index (χ2v) is 13.0. The van der Waals surface area contributed by atoms with Crippen LogP contribution in [-0.2, 0) is 28.8 Å². The highest BCUT2D eigenvalue weighted by Gasteiger charge is 2.33. The van der Waals surface area contributed by atoms with Gasteiger partial charge in [0.1, 0.15) is 5.75 Å². The molecule has 2 aliphatic rings. The lowest BCUT2D eigenvalue weighted by Gasteiger charge is -2.27. The first-order valence-electron chi connectivity index (χ1n) is 13.4. The molecule has 1 amide bonds. The Bertz CT molecular complexity index is 1460. The number of methoxy groups -OCH3 is 1. The summed E-state index contributed by atoms with van der Waals surface area (Å²) < 4.78 is 48.1. The molecule has 5 rings (SSSR count). The summed E-state index contributed by atoms with van der Waals surface area (Å²) in [7, 11) is -2.22. The summed E-state index contributed by atoms with van der Waals surface area (Å²) in [5, 5.41) is 3.05. The van der Waals surface area contributed by atoms with Crippen molar-refractivity contribution < 1.29 is 37.0 Å². The maximum absolute atomic E-state index is 13.5. The molecule has 11 nitrogen and oxygen atoms in total. The van der Waals surface area contributed by atoms with Crippen LogP contribution < -0.4 is 10.1 Å². The summed E-state index contributed by atoms with van der Waals surface area (Å²) in [4.78, 5) is 33.7. The Labute approximate surface area is 242 Å². The van der Waals surface area contributed by atoms with E-state index in [1.165, 1.54) is 25.6 Å². The van der Waals surface area contributed by atoms with Crippen LogP contribution in [0.5, 0.6) is 10.8 Å². The van der Waals surface area contributed by atoms with Gasteiger partial charge < -0.3 is 18.9 Å². The highest BCUT2D eigenvalue weighted by Crippen LogP contribution is 2.33. The molecule has 41 heavy (non-hydrogen) atoms. The molecular formula is C28H31N3O8S2. The van der Waals surface area contributed by atoms with E-state index in [0.29, 0.717) is 60.8 Å². The second kappa shape index (κ2) is 13.1. The van der Waals surface area contributed by atoms with Crippen LogP contribution in [0.3, 0.4) is 0 Å². The van der Waals surface area contributed by atoms with Gasteiger partial charge in [-0.2, -0.15) is 0 Å². The number of benzene rings is 1. The van der Waals surface area contributed by atoms with Gasteiger partial charge in [0.25, 0.3) is 5.91 Å². The molecule has 1 aromatic carbocycles. The van der Waals surface area contributed by atoms with Gasteiger partial charge in [-0.25, -0.2) is 23.2 Å². The third-order valence-corrected chi connectivity index (χ3v) is 9.98. The van der Waals surface area contributed by atoms with E-state index in [9.17, 15) is 18.0 Å². The van der Waals surface area contributed by atoms with Crippen LogP contribution >= 0.6 is 11.3 Å². The maximum Gasteiger partial charge on any atom is 0.337 e. The van der Waals surface area contributed by atoms with E-state index in [1.54, 1.807) is 30.3 Å². The third kappa shape index (κ3) is 7.10. The Morgan fingerprint density at radius 3 is 2.54 bits per heavy atom. The average Bonchev–Trinajstić information content (AvgIpc) is 3.69. The van der Waals surface area contributed by atoms with Gasteiger partial charge in [0.2, 0.25) is 5.06 Å². The van der Waals surface area contributed by atoms with Gasteiger partial charge >= 0.3 is 5.97 Å². The van der Waals surface area contributed by atoms with Crippen LogP contribution in [0.1, 0.15) is 60.6 Å². The average molecular weight is 602 g/mol. The van der Waals surface area contributed by atoms with Crippen molar-refractivity contribution in [2.45, 2.75) is 61.0 Å². The number of carbonyl (C=O) groups is 2. The van der Waals surface area contributed by atoms with Gasteiger partial charge in [0.05, 0.1) is 30.2 Å². The Hall–Kier alpha value is -3.39. The molecule has 0 radical (unpaired) electrons. The molecule has 218 valence electrons. The Kier molecular flexibility index (Phi) is 9.28. The summed E-state index contributed by atoms with van der Waals surface area (Å²) in [6, 6.07) is 9.55. The lowest BCUT2D eigenvalue weighted by Crippen LogP contribution is -2.31. The first kappa shape index (κ1) is 29.1. The predicted octanol–water partition coefficient (Wildman–Crippen LogP) is 4.71. The van der Waals surface area contributed by atoms with Crippen LogP contribution in [0.2, 0.25) is 0 Å². The summed E-state index contributed by atoms with van der Waals surface area (Å²) in [6.45, 7) is 1.06. The number of aromatic nitrogens is 2. The number of anilines is 1. The zero-order chi connectivity index (χ0) is 28.8. The standard InChI is InChI=1S/C28H31N3O8S2/c1-36-27(33)18-5-4-6-21(15-18)38-24-17-30-28(40-24)31-26(32)25(39-20-11-13-37-14-12-20)19-9-10-23(29-16-19)41(34,35)22-7-2-3-8-22/h4-6,9-10,15-17,20,22,25H,2-3,7-8,11-14H2,1H3,(H,30,31,32). The van der Waals surface area contributed by atoms with Gasteiger partial charge in [-0.05, 0) is 49.9 Å². The number of rotatable bonds is 10. The summed E-state index contributed by atoms with van der Waals surface area (Å²) in [6.07, 6.45) is 5.94. The largest absolute Gasteiger partial charge is 0.465 e. The van der Waals surface area contributed by atoms with E-state index in [2.05, 4.69) is 15.3 Å². The Morgan fingerprint density at radius 2 is 1.83 bits per heavy atom. The zero-order valence-corrected chi connectivity index (χ0v) is 24.1. The quantitative estimate of drug-likeness (QED) is 0.325. The number of nitrogens with one attached hydrogen (secondary N) is 1. The first-order chi connectivity index (χ1) is 19.8. The van der Waals surface area contributed by atoms with Crippen molar-refractivity contribution in [1.82, 2.24) is 9.97 Å². The molecule has 13 heteroatoms. The minimum atomic E-state index is -3.53. The molecule has 2 fully saturated rings. The van der Waals surface area contributed by atoms with Crippen LogP contribution in [-0.4, -0.2) is 61.9 Å². The number of carbonyl (C=O) groups excluding carboxylic acids is 2. The molecule has 3 heterocycles. The molecule has 1 N–H and O–H groups in total. The van der Waals surface area contributed by atoms with E-state index in [4.69, 9.17) is 18.9 Å². The number of amides is 1. The second-order valence-electron chi connectivity index (χ2n) is 9.80. The highest BCUT2D eigenvalue weighted by atomic mass is 32.2. The van der Waals surface area contributed by atoms with Gasteiger partial charge in [0, 0.05) is 25.0 Å². The number of sulfone groups is 1. The minimum Gasteiger partial charge on any atom is -0.465 e. The van der Waals surface area contributed by atoms with E-state index in [-0.39, 0.29) is 16.3 Å². The molecule has 1 aliphatic heterocycles. The maximum atomic E-state index is 13.5. The van der Waals surface area contributed by atoms with Gasteiger partial charge in [0.15, 0.2) is 26.1 Å². The Balaban J connectivity index is 1.31. The van der Waals surface area contributed by atoms with Crippen molar-refractivity contribution in [3.63, 3.8) is 0 Å². The van der Waals surface area contributed by atoms with Crippen molar-refractivity contribution in [1.29, 1.82) is 0 Å². The Morgan fingerprint density at radius 1 is 1.05 bits per heavy atom. The van der Waals surface area contributed by atoms with Gasteiger partial charge in [-0.3, -0.25) is 10.1 Å². The molecule has 3 aromatic rings. The number of esters is 1. The third-order valence-electron chi connectivity index (χ3n) is 7.02. The summed E-state index contributed by atoms with van der Waals surface area (Å²) in [5.74, 6) is -0.547. The molecule has 0 bridgehead atoms. The molecule has 0 spiro atoms. The molecule has 1 saturated carbocycles. The number of nitrogens with zero attached hydrogens (tertiary/aromatic N) is 2. The van der Waals surface area contributed by atoms with Crippen molar-refractivity contribution in [3.8, 4) is 10.8 Å². The van der Waals surface area contributed by atoms with E-state index in [0.717, 1.165) is 24.2 Å². The molecular weight excluding hydrogens is 570 g/mol. The number of pyridine rings is 1. The van der Waals surface area contributed by atoms with Crippen molar-refractivity contribution >= 4 is 38.2 Å². The lowest BCUT2D eigenvalue weighted by atomic mass is 10.1. The van der Waals surface area contributed by atoms with E-state index >= 15 is 0 Å². The topological polar surface area (TPSA) is 143 Å². The van der Waals surface area contributed by atoms with Crippen molar-refractivity contribution in [3.05, 3.63) is 59.9 Å². The number of ether oxygens (including phenoxy) is 4. The molecule has 1 unspecified atom stereocenters. The first-order valence-corrected chi connectivity index (χ1v) is 15.8. The van der Waals surface area contributed by atoms with Gasteiger partial charge in [-0.1, -0.05) is 36.3 Å². The normalized spacial score (nSPS) is 17.2. The SMILES string of the molecule is COC(=O)c1cccc(Oc2cnc(NC(=O)C(OC3CCOCC3)c3ccc(S(=O)(=O)C4CCCC4)nc3)s2)c1. The number of hydrogen-bond donors (Lipinski definition) is 1. The van der Waals surface area contributed by atoms with Gasteiger partial charge in [-0.15, -0.1) is 0 Å². The minimum absolute atomic E-state index is 0.0105. The number of hydrogen-bond acceptors (Lipinski definition) is 11. The van der Waals surface area contributed by atoms with Crippen molar-refractivity contribution in [2.75, 3.05) is 25.6 Å². The van der Waals surface area contributed by atoms with E-state index < -0.39 is 33.1 Å². The fraction of sp³-hybridized carbons (Fsp3) is 0.429. The zero-order valence-electron chi connectivity index (χ0n) is 22.5. The molecule has 1 atom stereocenters. The van der Waals surface area contributed by atoms with E-state index in [1.807, 2.05) is 0 Å². The predicted molar refractivity (Wildman–Crippen MR) is 150 cm³/mol. The smallest absolute Gasteiger partial charge is 0.337 e. The van der Waals surface area contributed by atoms with Crippen LogP contribution in [0, 0.1) is 0 Å². The highest BCUT2D eigenvalue weighted by molar-refractivity contribution is 7.92. The fourth-order valence-electron chi connectivity index (χ4n) is 4.84. The fourth-order valence-corrected chi connectivity index (χ4v) is 7.28. The summed E-state index contributed by atoms with van der Waals surface area (Å²) in [5.41, 5.74) is 0.777. The lowest BCUT2D eigenvalue weighted by molar-refractivity contribution is -0.136. The summed E-state index contributed by atoms with van der Waals surface area (Å²) >= 11 is 1.10. The number of thiazole rings is 1. The molecule has 1 saturated heterocycles. The monoisotopic (exact) mass is 601 g/mol. The molecule has 2 aromatic heterocycles. The van der Waals surface area contributed by atoms with Crippen LogP contribution in [0.25, 0.3) is 0 Å².